The maximum Gasteiger partial charge on any atom is 0.243 e. The average Bonchev–Trinajstić information content (AvgIpc) is 3.81. The summed E-state index contributed by atoms with van der Waals surface area (Å²) in [4.78, 5) is 13.9. The van der Waals surface area contributed by atoms with E-state index < -0.39 is 56.9 Å². The SMILES string of the molecule is NC(C(=O)Nc1cccc(F)c1CCC1CNCC2(CC2)N1S(=O)(=O)c1ccccc1)C(c1ccc(F)cc1)c1ccc(F)cc1. The lowest BCUT2D eigenvalue weighted by Gasteiger charge is -2.42. The zero-order valence-electron chi connectivity index (χ0n) is 25.0. The number of nitrogens with zero attached hydrogens (tertiary/aromatic N) is 1. The maximum absolute atomic E-state index is 15.4. The second-order valence-electron chi connectivity index (χ2n) is 12.0. The molecule has 0 radical (unpaired) electrons. The Balaban J connectivity index is 1.24. The van der Waals surface area contributed by atoms with E-state index in [0.29, 0.717) is 30.6 Å². The first-order valence-electron chi connectivity index (χ1n) is 15.2. The Bertz CT molecular complexity index is 1760. The van der Waals surface area contributed by atoms with Crippen LogP contribution in [0, 0.1) is 17.5 Å². The van der Waals surface area contributed by atoms with Crippen molar-refractivity contribution in [1.29, 1.82) is 0 Å². The molecule has 1 aliphatic carbocycles. The molecule has 1 saturated heterocycles. The molecule has 46 heavy (non-hydrogen) atoms. The predicted molar refractivity (Wildman–Crippen MR) is 170 cm³/mol. The van der Waals surface area contributed by atoms with E-state index in [4.69, 9.17) is 5.73 Å². The smallest absolute Gasteiger partial charge is 0.243 e. The minimum Gasteiger partial charge on any atom is -0.324 e. The Labute approximate surface area is 266 Å². The molecule has 6 rings (SSSR count). The van der Waals surface area contributed by atoms with Crippen molar-refractivity contribution >= 4 is 21.6 Å². The van der Waals surface area contributed by atoms with Crippen molar-refractivity contribution in [2.45, 2.75) is 54.1 Å². The Morgan fingerprint density at radius 2 is 1.50 bits per heavy atom. The van der Waals surface area contributed by atoms with E-state index in [1.54, 1.807) is 40.7 Å². The number of amides is 1. The number of hydrogen-bond acceptors (Lipinski definition) is 5. The van der Waals surface area contributed by atoms with Crippen molar-refractivity contribution in [3.05, 3.63) is 131 Å². The minimum atomic E-state index is -3.81. The molecule has 2 fully saturated rings. The lowest BCUT2D eigenvalue weighted by atomic mass is 9.85. The van der Waals surface area contributed by atoms with Crippen molar-refractivity contribution in [2.24, 2.45) is 5.73 Å². The number of rotatable bonds is 10. The van der Waals surface area contributed by atoms with Crippen LogP contribution in [0.15, 0.2) is 102 Å². The zero-order chi connectivity index (χ0) is 32.5. The molecule has 0 aromatic heterocycles. The van der Waals surface area contributed by atoms with Crippen LogP contribution < -0.4 is 16.4 Å². The van der Waals surface area contributed by atoms with Gasteiger partial charge in [0.2, 0.25) is 15.9 Å². The number of nitrogens with one attached hydrogen (secondary N) is 2. The van der Waals surface area contributed by atoms with Crippen LogP contribution in [0.1, 0.15) is 41.9 Å². The highest BCUT2D eigenvalue weighted by molar-refractivity contribution is 7.89. The Morgan fingerprint density at radius 3 is 2.09 bits per heavy atom. The third-order valence-electron chi connectivity index (χ3n) is 8.98. The second-order valence-corrected chi connectivity index (χ2v) is 13.8. The zero-order valence-corrected chi connectivity index (χ0v) is 25.8. The first kappa shape index (κ1) is 31.9. The largest absolute Gasteiger partial charge is 0.324 e. The summed E-state index contributed by atoms with van der Waals surface area (Å²) < 4.78 is 72.2. The van der Waals surface area contributed by atoms with E-state index in [9.17, 15) is 22.0 Å². The van der Waals surface area contributed by atoms with Crippen LogP contribution >= 0.6 is 0 Å². The number of benzene rings is 4. The summed E-state index contributed by atoms with van der Waals surface area (Å²) in [5, 5.41) is 6.15. The molecular weight excluding hydrogens is 613 g/mol. The van der Waals surface area contributed by atoms with Crippen molar-refractivity contribution in [1.82, 2.24) is 9.62 Å². The normalized spacial score (nSPS) is 18.4. The van der Waals surface area contributed by atoms with Gasteiger partial charge in [-0.25, -0.2) is 21.6 Å². The highest BCUT2D eigenvalue weighted by atomic mass is 32.2. The van der Waals surface area contributed by atoms with E-state index in [1.165, 1.54) is 60.7 Å². The monoisotopic (exact) mass is 648 g/mol. The molecule has 7 nitrogen and oxygen atoms in total. The van der Waals surface area contributed by atoms with Gasteiger partial charge in [0, 0.05) is 41.8 Å². The lowest BCUT2D eigenvalue weighted by Crippen LogP contribution is -2.61. The maximum atomic E-state index is 15.4. The summed E-state index contributed by atoms with van der Waals surface area (Å²) in [6, 6.07) is 22.1. The standard InChI is InChI=1S/C35H35F3N4O3S/c36-25-13-9-23(10-14-25)32(24-11-15-26(37)16-12-24)33(39)34(43)41-31-8-4-7-30(38)29(31)18-17-27-21-40-22-35(19-20-35)42(27)46(44,45)28-5-2-1-3-6-28/h1-16,27,32-33,40H,17-22,39H2,(H,41,43). The summed E-state index contributed by atoms with van der Waals surface area (Å²) >= 11 is 0. The van der Waals surface area contributed by atoms with E-state index >= 15 is 4.39 Å². The van der Waals surface area contributed by atoms with Crippen molar-refractivity contribution in [3.8, 4) is 0 Å². The fraction of sp³-hybridized carbons (Fsp3) is 0.286. The summed E-state index contributed by atoms with van der Waals surface area (Å²) in [6.45, 7) is 0.962. The number of piperazine rings is 1. The number of halogens is 3. The number of nitrogens with two attached hydrogens (primary N) is 1. The third-order valence-corrected chi connectivity index (χ3v) is 11.1. The van der Waals surface area contributed by atoms with Gasteiger partial charge in [0.05, 0.1) is 10.9 Å². The molecular formula is C35H35F3N4O3S. The van der Waals surface area contributed by atoms with Gasteiger partial charge in [-0.15, -0.1) is 0 Å². The number of sulfonamides is 1. The Morgan fingerprint density at radius 1 is 0.891 bits per heavy atom. The van der Waals surface area contributed by atoms with Crippen molar-refractivity contribution in [2.75, 3.05) is 18.4 Å². The van der Waals surface area contributed by atoms with Gasteiger partial charge in [0.25, 0.3) is 0 Å². The number of carbonyl (C=O) groups is 1. The van der Waals surface area contributed by atoms with Crippen LogP contribution in [0.2, 0.25) is 0 Å². The summed E-state index contributed by atoms with van der Waals surface area (Å²) in [6.07, 6.45) is 1.94. The summed E-state index contributed by atoms with van der Waals surface area (Å²) in [5.74, 6) is -2.82. The number of carbonyl (C=O) groups excluding carboxylic acids is 1. The first-order chi connectivity index (χ1) is 22.1. The van der Waals surface area contributed by atoms with Gasteiger partial charge >= 0.3 is 0 Å². The third kappa shape index (κ3) is 6.46. The second kappa shape index (κ2) is 13.0. The summed E-state index contributed by atoms with van der Waals surface area (Å²) in [7, 11) is -3.81. The van der Waals surface area contributed by atoms with E-state index in [-0.39, 0.29) is 22.6 Å². The minimum absolute atomic E-state index is 0.153. The van der Waals surface area contributed by atoms with Gasteiger partial charge in [-0.2, -0.15) is 4.31 Å². The van der Waals surface area contributed by atoms with Crippen LogP contribution in [-0.4, -0.2) is 49.3 Å². The molecule has 4 N–H and O–H groups in total. The quantitative estimate of drug-likeness (QED) is 0.216. The highest BCUT2D eigenvalue weighted by Crippen LogP contribution is 2.47. The van der Waals surface area contributed by atoms with Gasteiger partial charge in [-0.1, -0.05) is 48.5 Å². The van der Waals surface area contributed by atoms with Crippen LogP contribution in [0.5, 0.6) is 0 Å². The molecule has 2 aliphatic rings. The molecule has 1 saturated carbocycles. The molecule has 4 aromatic rings. The fourth-order valence-corrected chi connectivity index (χ4v) is 8.55. The fourth-order valence-electron chi connectivity index (χ4n) is 6.49. The molecule has 2 unspecified atom stereocenters. The van der Waals surface area contributed by atoms with Gasteiger partial charge in [-0.05, 0) is 85.3 Å². The van der Waals surface area contributed by atoms with E-state index in [1.807, 2.05) is 0 Å². The molecule has 11 heteroatoms. The molecule has 4 aromatic carbocycles. The topological polar surface area (TPSA) is 105 Å². The van der Waals surface area contributed by atoms with Gasteiger partial charge in [-0.3, -0.25) is 4.79 Å². The van der Waals surface area contributed by atoms with Crippen LogP contribution in [0.25, 0.3) is 0 Å². The lowest BCUT2D eigenvalue weighted by molar-refractivity contribution is -0.117. The predicted octanol–water partition coefficient (Wildman–Crippen LogP) is 5.33. The molecule has 1 aliphatic heterocycles. The molecule has 1 spiro atoms. The van der Waals surface area contributed by atoms with Gasteiger partial charge < -0.3 is 16.4 Å². The molecule has 240 valence electrons. The van der Waals surface area contributed by atoms with Gasteiger partial charge in [0.15, 0.2) is 0 Å². The molecule has 1 amide bonds. The van der Waals surface area contributed by atoms with Crippen LogP contribution in [0.4, 0.5) is 18.9 Å². The van der Waals surface area contributed by atoms with Gasteiger partial charge in [0.1, 0.15) is 17.5 Å². The molecule has 1 heterocycles. The van der Waals surface area contributed by atoms with Crippen LogP contribution in [-0.2, 0) is 21.2 Å². The Hall–Kier alpha value is -4.03. The molecule has 2 atom stereocenters. The number of anilines is 1. The number of hydrogen-bond donors (Lipinski definition) is 3. The van der Waals surface area contributed by atoms with Crippen molar-refractivity contribution in [3.63, 3.8) is 0 Å². The van der Waals surface area contributed by atoms with E-state index in [0.717, 1.165) is 12.8 Å². The Kier molecular flexibility index (Phi) is 9.02. The first-order valence-corrected chi connectivity index (χ1v) is 16.7. The molecule has 0 bridgehead atoms. The van der Waals surface area contributed by atoms with Crippen LogP contribution in [0.3, 0.4) is 0 Å². The summed E-state index contributed by atoms with van der Waals surface area (Å²) in [5.41, 5.74) is 7.56. The van der Waals surface area contributed by atoms with Crippen molar-refractivity contribution < 1.29 is 26.4 Å². The van der Waals surface area contributed by atoms with E-state index in [2.05, 4.69) is 10.6 Å². The highest BCUT2D eigenvalue weighted by Gasteiger charge is 2.57. The average molecular weight is 649 g/mol.